The third-order valence-corrected chi connectivity index (χ3v) is 4.78. The highest BCUT2D eigenvalue weighted by molar-refractivity contribution is 7.14. The van der Waals surface area contributed by atoms with Gasteiger partial charge in [0.05, 0.1) is 5.69 Å². The van der Waals surface area contributed by atoms with Gasteiger partial charge in [-0.1, -0.05) is 48.9 Å². The molecule has 0 spiro atoms. The Morgan fingerprint density at radius 2 is 1.88 bits per heavy atom. The zero-order chi connectivity index (χ0) is 17.1. The number of aromatic nitrogens is 1. The van der Waals surface area contributed by atoms with Gasteiger partial charge in [-0.2, -0.15) is 0 Å². The Balaban J connectivity index is 1.78. The van der Waals surface area contributed by atoms with Gasteiger partial charge in [-0.25, -0.2) is 4.98 Å². The van der Waals surface area contributed by atoms with E-state index in [2.05, 4.69) is 41.5 Å². The van der Waals surface area contributed by atoms with Crippen LogP contribution < -0.4 is 5.32 Å². The van der Waals surface area contributed by atoms with Crippen LogP contribution in [-0.2, 0) is 6.42 Å². The number of hydrogen-bond acceptors (Lipinski definition) is 3. The maximum absolute atomic E-state index is 12.5. The lowest BCUT2D eigenvalue weighted by molar-refractivity contribution is 0.102. The van der Waals surface area contributed by atoms with Crippen molar-refractivity contribution in [2.45, 2.75) is 27.2 Å². The number of nitrogens with one attached hydrogen (secondary N) is 1. The van der Waals surface area contributed by atoms with Crippen LogP contribution >= 0.6 is 11.3 Å². The van der Waals surface area contributed by atoms with Gasteiger partial charge < -0.3 is 0 Å². The van der Waals surface area contributed by atoms with Crippen molar-refractivity contribution in [2.75, 3.05) is 5.32 Å². The number of thiazole rings is 1. The highest BCUT2D eigenvalue weighted by Crippen LogP contribution is 2.26. The van der Waals surface area contributed by atoms with Crippen molar-refractivity contribution in [3.63, 3.8) is 0 Å². The molecule has 0 unspecified atom stereocenters. The van der Waals surface area contributed by atoms with Crippen molar-refractivity contribution in [3.05, 3.63) is 70.1 Å². The van der Waals surface area contributed by atoms with Crippen molar-refractivity contribution in [1.29, 1.82) is 0 Å². The molecular weight excluding hydrogens is 316 g/mol. The normalized spacial score (nSPS) is 10.6. The molecule has 0 aliphatic heterocycles. The van der Waals surface area contributed by atoms with Crippen molar-refractivity contribution >= 4 is 22.4 Å². The van der Waals surface area contributed by atoms with E-state index >= 15 is 0 Å². The lowest BCUT2D eigenvalue weighted by Crippen LogP contribution is -2.13. The Kier molecular flexibility index (Phi) is 4.76. The Labute approximate surface area is 146 Å². The van der Waals surface area contributed by atoms with E-state index in [0.717, 1.165) is 28.8 Å². The predicted octanol–water partition coefficient (Wildman–Crippen LogP) is 5.24. The van der Waals surface area contributed by atoms with Gasteiger partial charge in [0.2, 0.25) is 0 Å². The second-order valence-electron chi connectivity index (χ2n) is 5.86. The summed E-state index contributed by atoms with van der Waals surface area (Å²) in [5.41, 5.74) is 5.98. The van der Waals surface area contributed by atoms with Gasteiger partial charge in [0, 0.05) is 16.5 Å². The molecule has 0 bridgehead atoms. The Morgan fingerprint density at radius 3 is 2.58 bits per heavy atom. The highest BCUT2D eigenvalue weighted by atomic mass is 32.1. The Morgan fingerprint density at radius 1 is 1.12 bits per heavy atom. The van der Waals surface area contributed by atoms with Gasteiger partial charge >= 0.3 is 0 Å². The third kappa shape index (κ3) is 3.54. The molecule has 0 aliphatic rings. The fraction of sp³-hybridized carbons (Fsp3) is 0.200. The second-order valence-corrected chi connectivity index (χ2v) is 6.72. The van der Waals surface area contributed by atoms with Gasteiger partial charge in [-0.3, -0.25) is 10.1 Å². The molecule has 0 saturated carbocycles. The number of amides is 1. The molecule has 3 nitrogen and oxygen atoms in total. The number of nitrogens with zero attached hydrogens (tertiary/aromatic N) is 1. The zero-order valence-corrected chi connectivity index (χ0v) is 14.9. The minimum absolute atomic E-state index is 0.113. The van der Waals surface area contributed by atoms with Crippen LogP contribution in [-0.4, -0.2) is 10.9 Å². The smallest absolute Gasteiger partial charge is 0.257 e. The molecule has 24 heavy (non-hydrogen) atoms. The fourth-order valence-electron chi connectivity index (χ4n) is 2.52. The lowest BCUT2D eigenvalue weighted by Gasteiger charge is -2.06. The molecule has 1 heterocycles. The Hall–Kier alpha value is -2.46. The minimum Gasteiger partial charge on any atom is -0.298 e. The van der Waals surface area contributed by atoms with E-state index in [0.29, 0.717) is 10.7 Å². The van der Waals surface area contributed by atoms with Crippen LogP contribution in [0.3, 0.4) is 0 Å². The largest absolute Gasteiger partial charge is 0.298 e. The monoisotopic (exact) mass is 336 g/mol. The number of benzene rings is 2. The van der Waals surface area contributed by atoms with Crippen LogP contribution in [0.25, 0.3) is 11.3 Å². The first-order valence-corrected chi connectivity index (χ1v) is 8.88. The van der Waals surface area contributed by atoms with Crippen LogP contribution in [0.4, 0.5) is 5.13 Å². The molecule has 1 aromatic heterocycles. The van der Waals surface area contributed by atoms with Crippen molar-refractivity contribution in [3.8, 4) is 11.3 Å². The average molecular weight is 336 g/mol. The fourth-order valence-corrected chi connectivity index (χ4v) is 3.23. The summed E-state index contributed by atoms with van der Waals surface area (Å²) >= 11 is 1.44. The Bertz CT molecular complexity index is 866. The molecule has 122 valence electrons. The van der Waals surface area contributed by atoms with Gasteiger partial charge in [0.15, 0.2) is 5.13 Å². The molecule has 3 rings (SSSR count). The third-order valence-electron chi connectivity index (χ3n) is 4.02. The number of rotatable bonds is 4. The summed E-state index contributed by atoms with van der Waals surface area (Å²) in [6.45, 7) is 6.06. The number of carbonyl (C=O) groups is 1. The van der Waals surface area contributed by atoms with E-state index in [1.54, 1.807) is 0 Å². The summed E-state index contributed by atoms with van der Waals surface area (Å²) in [5, 5.41) is 5.50. The van der Waals surface area contributed by atoms with Crippen molar-refractivity contribution < 1.29 is 4.79 Å². The molecule has 2 aromatic carbocycles. The van der Waals surface area contributed by atoms with Gasteiger partial charge in [0.25, 0.3) is 5.91 Å². The lowest BCUT2D eigenvalue weighted by atomic mass is 10.1. The summed E-state index contributed by atoms with van der Waals surface area (Å²) in [7, 11) is 0. The molecule has 1 amide bonds. The highest BCUT2D eigenvalue weighted by Gasteiger charge is 2.12. The van der Waals surface area contributed by atoms with E-state index < -0.39 is 0 Å². The quantitative estimate of drug-likeness (QED) is 0.708. The number of anilines is 1. The summed E-state index contributed by atoms with van der Waals surface area (Å²) in [6.07, 6.45) is 1.02. The van der Waals surface area contributed by atoms with Crippen LogP contribution in [0.1, 0.15) is 34.0 Å². The van der Waals surface area contributed by atoms with Crippen LogP contribution in [0.15, 0.2) is 47.8 Å². The molecule has 0 fully saturated rings. The number of hydrogen-bond donors (Lipinski definition) is 1. The number of carbonyl (C=O) groups excluding carboxylic acids is 1. The maximum Gasteiger partial charge on any atom is 0.257 e. The van der Waals surface area contributed by atoms with Crippen molar-refractivity contribution in [1.82, 2.24) is 4.98 Å². The van der Waals surface area contributed by atoms with E-state index in [9.17, 15) is 4.79 Å². The minimum atomic E-state index is -0.113. The standard InChI is InChI=1S/C20H20N2OS/c1-4-15-7-9-16(10-8-15)18-12-24-20(21-18)22-19(23)17-11-13(2)5-6-14(17)3/h5-12H,4H2,1-3H3,(H,21,22,23). The van der Waals surface area contributed by atoms with Gasteiger partial charge in [-0.15, -0.1) is 11.3 Å². The van der Waals surface area contributed by atoms with Crippen LogP contribution in [0.2, 0.25) is 0 Å². The van der Waals surface area contributed by atoms with Gasteiger partial charge in [-0.05, 0) is 37.5 Å². The van der Waals surface area contributed by atoms with E-state index in [1.807, 2.05) is 37.4 Å². The molecule has 0 saturated heterocycles. The first-order chi connectivity index (χ1) is 11.6. The molecular formula is C20H20N2OS. The van der Waals surface area contributed by atoms with Crippen LogP contribution in [0.5, 0.6) is 0 Å². The number of aryl methyl sites for hydroxylation is 3. The van der Waals surface area contributed by atoms with E-state index in [4.69, 9.17) is 0 Å². The second kappa shape index (κ2) is 6.97. The molecule has 0 atom stereocenters. The summed E-state index contributed by atoms with van der Waals surface area (Å²) < 4.78 is 0. The van der Waals surface area contributed by atoms with Crippen molar-refractivity contribution in [2.24, 2.45) is 0 Å². The summed E-state index contributed by atoms with van der Waals surface area (Å²) in [5.74, 6) is -0.113. The first-order valence-electron chi connectivity index (χ1n) is 8.00. The first kappa shape index (κ1) is 16.4. The molecule has 4 heteroatoms. The summed E-state index contributed by atoms with van der Waals surface area (Å²) in [6, 6.07) is 14.3. The van der Waals surface area contributed by atoms with Crippen LogP contribution in [0, 0.1) is 13.8 Å². The predicted molar refractivity (Wildman–Crippen MR) is 101 cm³/mol. The zero-order valence-electron chi connectivity index (χ0n) is 14.1. The average Bonchev–Trinajstić information content (AvgIpc) is 3.05. The topological polar surface area (TPSA) is 42.0 Å². The molecule has 0 aliphatic carbocycles. The SMILES string of the molecule is CCc1ccc(-c2csc(NC(=O)c3cc(C)ccc3C)n2)cc1. The van der Waals surface area contributed by atoms with E-state index in [1.165, 1.54) is 16.9 Å². The molecule has 0 radical (unpaired) electrons. The summed E-state index contributed by atoms with van der Waals surface area (Å²) in [4.78, 5) is 17.0. The van der Waals surface area contributed by atoms with E-state index in [-0.39, 0.29) is 5.91 Å². The maximum atomic E-state index is 12.5. The molecule has 3 aromatic rings. The van der Waals surface area contributed by atoms with Gasteiger partial charge in [0.1, 0.15) is 0 Å². The molecule has 1 N–H and O–H groups in total.